The molecule has 2 heterocycles. The summed E-state index contributed by atoms with van der Waals surface area (Å²) in [6.45, 7) is 9.38. The fourth-order valence-corrected chi connectivity index (χ4v) is 5.02. The van der Waals surface area contributed by atoms with E-state index in [4.69, 9.17) is 0 Å². The number of pyridine rings is 1. The van der Waals surface area contributed by atoms with E-state index in [0.29, 0.717) is 31.0 Å². The highest BCUT2D eigenvalue weighted by atomic mass is 19.1. The van der Waals surface area contributed by atoms with Crippen LogP contribution in [0, 0.1) is 11.7 Å². The van der Waals surface area contributed by atoms with Gasteiger partial charge in [0.15, 0.2) is 0 Å². The minimum Gasteiger partial charge on any atom is -0.355 e. The summed E-state index contributed by atoms with van der Waals surface area (Å²) in [5, 5.41) is 3.14. The number of nitrogens with zero attached hydrogens (tertiary/aromatic N) is 3. The molecular weight excluding hydrogens is 367 g/mol. The molecule has 1 saturated heterocycles. The third-order valence-electron chi connectivity index (χ3n) is 6.43. The molecule has 0 atom stereocenters. The third kappa shape index (κ3) is 6.22. The minimum absolute atomic E-state index is 0.0129. The number of carbonyl (C=O) groups excluding carboxylic acids is 1. The van der Waals surface area contributed by atoms with E-state index < -0.39 is 0 Å². The van der Waals surface area contributed by atoms with Crippen LogP contribution in [-0.2, 0) is 11.3 Å². The van der Waals surface area contributed by atoms with Crippen LogP contribution in [0.1, 0.15) is 64.4 Å². The summed E-state index contributed by atoms with van der Waals surface area (Å²) in [4.78, 5) is 21.5. The molecule has 1 N–H and O–H groups in total. The van der Waals surface area contributed by atoms with Crippen LogP contribution in [-0.4, -0.2) is 59.0 Å². The van der Waals surface area contributed by atoms with Crippen molar-refractivity contribution in [1.82, 2.24) is 20.1 Å². The fourth-order valence-electron chi connectivity index (χ4n) is 5.02. The Bertz CT molecular complexity index is 660. The van der Waals surface area contributed by atoms with Crippen LogP contribution in [0.3, 0.4) is 0 Å². The molecule has 5 nitrogen and oxygen atoms in total. The summed E-state index contributed by atoms with van der Waals surface area (Å²) in [5.74, 6) is 0.482. The normalized spacial score (nSPS) is 22.4. The van der Waals surface area contributed by atoms with Gasteiger partial charge in [-0.05, 0) is 44.3 Å². The molecule has 1 aliphatic heterocycles. The number of amides is 1. The van der Waals surface area contributed by atoms with Gasteiger partial charge in [-0.1, -0.05) is 33.1 Å². The quantitative estimate of drug-likeness (QED) is 0.833. The standard InChI is InChI=1S/C23H37FN4O/c1-19(2)17-28-13-6-12-27(18-20-7-10-25-16-21(20)24)14-11-26-22(29)15-23(28)8-4-3-5-9-23/h7,10,16,19H,3-6,8-9,11-15,17-18H2,1-2H3,(H,26,29). The second kappa shape index (κ2) is 10.5. The predicted octanol–water partition coefficient (Wildman–Crippen LogP) is 3.59. The number of nitrogens with one attached hydrogen (secondary N) is 1. The topological polar surface area (TPSA) is 48.5 Å². The third-order valence-corrected chi connectivity index (χ3v) is 6.43. The van der Waals surface area contributed by atoms with Crippen LogP contribution in [0.15, 0.2) is 18.5 Å². The van der Waals surface area contributed by atoms with Gasteiger partial charge in [-0.25, -0.2) is 4.39 Å². The predicted molar refractivity (Wildman–Crippen MR) is 114 cm³/mol. The Labute approximate surface area is 175 Å². The maximum Gasteiger partial charge on any atom is 0.221 e. The molecule has 1 saturated carbocycles. The highest BCUT2D eigenvalue weighted by Gasteiger charge is 2.39. The van der Waals surface area contributed by atoms with E-state index in [1.54, 1.807) is 12.3 Å². The molecule has 2 fully saturated rings. The number of carbonyl (C=O) groups is 1. The second-order valence-corrected chi connectivity index (χ2v) is 9.25. The lowest BCUT2D eigenvalue weighted by Crippen LogP contribution is -2.54. The molecule has 0 aromatic carbocycles. The molecule has 3 rings (SSSR count). The summed E-state index contributed by atoms with van der Waals surface area (Å²) < 4.78 is 14.1. The van der Waals surface area contributed by atoms with Gasteiger partial charge >= 0.3 is 0 Å². The zero-order valence-electron chi connectivity index (χ0n) is 18.1. The van der Waals surface area contributed by atoms with Crippen molar-refractivity contribution in [3.63, 3.8) is 0 Å². The van der Waals surface area contributed by atoms with E-state index in [1.807, 2.05) is 0 Å². The minimum atomic E-state index is -0.256. The van der Waals surface area contributed by atoms with Gasteiger partial charge in [-0.15, -0.1) is 0 Å². The second-order valence-electron chi connectivity index (χ2n) is 9.25. The number of rotatable bonds is 4. The van der Waals surface area contributed by atoms with Crippen molar-refractivity contribution in [2.75, 3.05) is 32.7 Å². The van der Waals surface area contributed by atoms with Crippen LogP contribution in [0.5, 0.6) is 0 Å². The zero-order valence-corrected chi connectivity index (χ0v) is 18.1. The maximum atomic E-state index is 14.1. The maximum absolute atomic E-state index is 14.1. The van der Waals surface area contributed by atoms with Crippen molar-refractivity contribution in [2.45, 2.75) is 70.9 Å². The molecule has 6 heteroatoms. The van der Waals surface area contributed by atoms with Crippen molar-refractivity contribution in [3.8, 4) is 0 Å². The summed E-state index contributed by atoms with van der Waals surface area (Å²) in [6.07, 6.45) is 10.5. The first-order chi connectivity index (χ1) is 14.0. The Morgan fingerprint density at radius 2 is 1.97 bits per heavy atom. The van der Waals surface area contributed by atoms with Crippen molar-refractivity contribution in [1.29, 1.82) is 0 Å². The summed E-state index contributed by atoms with van der Waals surface area (Å²) >= 11 is 0. The number of hydrogen-bond acceptors (Lipinski definition) is 4. The molecule has 2 aliphatic rings. The van der Waals surface area contributed by atoms with Crippen molar-refractivity contribution in [3.05, 3.63) is 29.8 Å². The SMILES string of the molecule is CC(C)CN1CCCN(Cc2ccncc2F)CCNC(=O)CC12CCCCC2. The zero-order chi connectivity index (χ0) is 20.7. The summed E-state index contributed by atoms with van der Waals surface area (Å²) in [7, 11) is 0. The average molecular weight is 405 g/mol. The first kappa shape index (κ1) is 22.2. The van der Waals surface area contributed by atoms with Gasteiger partial charge in [0, 0.05) is 49.9 Å². The van der Waals surface area contributed by atoms with Gasteiger partial charge in [0.05, 0.1) is 6.20 Å². The van der Waals surface area contributed by atoms with E-state index in [2.05, 4.69) is 33.9 Å². The number of aromatic nitrogens is 1. The lowest BCUT2D eigenvalue weighted by atomic mass is 9.77. The van der Waals surface area contributed by atoms with Crippen LogP contribution in [0.2, 0.25) is 0 Å². The molecule has 1 aromatic rings. The smallest absolute Gasteiger partial charge is 0.221 e. The average Bonchev–Trinajstić information content (AvgIpc) is 2.70. The highest BCUT2D eigenvalue weighted by Crippen LogP contribution is 2.37. The molecule has 162 valence electrons. The summed E-state index contributed by atoms with van der Waals surface area (Å²) in [5.41, 5.74) is 0.683. The molecule has 0 unspecified atom stereocenters. The van der Waals surface area contributed by atoms with Gasteiger partial charge in [0.1, 0.15) is 5.82 Å². The summed E-state index contributed by atoms with van der Waals surface area (Å²) in [6, 6.07) is 1.75. The van der Waals surface area contributed by atoms with Crippen molar-refractivity contribution >= 4 is 5.91 Å². The fraction of sp³-hybridized carbons (Fsp3) is 0.739. The van der Waals surface area contributed by atoms with E-state index in [0.717, 1.165) is 45.4 Å². The Kier molecular flexibility index (Phi) is 8.01. The van der Waals surface area contributed by atoms with Gasteiger partial charge in [0.25, 0.3) is 0 Å². The molecule has 1 spiro atoms. The van der Waals surface area contributed by atoms with Crippen LogP contribution < -0.4 is 5.32 Å². The molecule has 0 bridgehead atoms. The number of halogens is 1. The van der Waals surface area contributed by atoms with E-state index in [9.17, 15) is 9.18 Å². The monoisotopic (exact) mass is 404 g/mol. The van der Waals surface area contributed by atoms with E-state index in [-0.39, 0.29) is 17.3 Å². The van der Waals surface area contributed by atoms with Crippen LogP contribution in [0.25, 0.3) is 0 Å². The van der Waals surface area contributed by atoms with Gasteiger partial charge < -0.3 is 5.32 Å². The first-order valence-corrected chi connectivity index (χ1v) is 11.3. The van der Waals surface area contributed by atoms with E-state index >= 15 is 0 Å². The Morgan fingerprint density at radius 1 is 1.17 bits per heavy atom. The molecule has 29 heavy (non-hydrogen) atoms. The van der Waals surface area contributed by atoms with Crippen LogP contribution >= 0.6 is 0 Å². The Morgan fingerprint density at radius 3 is 2.69 bits per heavy atom. The number of hydrogen-bond donors (Lipinski definition) is 1. The highest BCUT2D eigenvalue weighted by molar-refractivity contribution is 5.77. The van der Waals surface area contributed by atoms with Gasteiger partial charge in [0.2, 0.25) is 5.91 Å². The molecular formula is C23H37FN4O. The lowest BCUT2D eigenvalue weighted by Gasteiger charge is -2.47. The van der Waals surface area contributed by atoms with Crippen LogP contribution in [0.4, 0.5) is 4.39 Å². The largest absolute Gasteiger partial charge is 0.355 e. The van der Waals surface area contributed by atoms with Crippen molar-refractivity contribution < 1.29 is 9.18 Å². The van der Waals surface area contributed by atoms with Gasteiger partial charge in [-0.3, -0.25) is 19.6 Å². The lowest BCUT2D eigenvalue weighted by molar-refractivity contribution is -0.125. The first-order valence-electron chi connectivity index (χ1n) is 11.3. The molecule has 0 radical (unpaired) electrons. The molecule has 1 amide bonds. The molecule has 1 aliphatic carbocycles. The van der Waals surface area contributed by atoms with E-state index in [1.165, 1.54) is 25.5 Å². The molecule has 1 aromatic heterocycles. The Balaban J connectivity index is 1.74. The van der Waals surface area contributed by atoms with Crippen molar-refractivity contribution in [2.24, 2.45) is 5.92 Å². The van der Waals surface area contributed by atoms with Gasteiger partial charge in [-0.2, -0.15) is 0 Å². The Hall–Kier alpha value is -1.53.